The molecule has 4 aromatic carbocycles. The fraction of sp³-hybridized carbons (Fsp3) is 0.0323. The number of anilines is 2. The van der Waals surface area contributed by atoms with Crippen molar-refractivity contribution in [2.24, 2.45) is 0 Å². The van der Waals surface area contributed by atoms with Gasteiger partial charge in [0.1, 0.15) is 0 Å². The Bertz CT molecular complexity index is 1280. The van der Waals surface area contributed by atoms with Gasteiger partial charge in [-0.1, -0.05) is 103 Å². The van der Waals surface area contributed by atoms with Crippen molar-refractivity contribution in [3.05, 3.63) is 139 Å². The van der Waals surface area contributed by atoms with Gasteiger partial charge in [-0.2, -0.15) is 0 Å². The summed E-state index contributed by atoms with van der Waals surface area (Å²) in [6.45, 7) is 0. The van der Waals surface area contributed by atoms with Crippen LogP contribution in [0.25, 0.3) is 27.8 Å². The largest absolute Gasteiger partial charge is 0.355 e. The van der Waals surface area contributed by atoms with Crippen molar-refractivity contribution in [3.8, 4) is 22.3 Å². The third-order valence-electron chi connectivity index (χ3n) is 5.69. The molecule has 0 bridgehead atoms. The Morgan fingerprint density at radius 2 is 1.09 bits per heavy atom. The van der Waals surface area contributed by atoms with Gasteiger partial charge in [-0.25, -0.2) is 0 Å². The fourth-order valence-electron chi connectivity index (χ4n) is 4.02. The predicted octanol–water partition coefficient (Wildman–Crippen LogP) is 8.66. The average molecular weight is 412 g/mol. The molecule has 0 radical (unpaired) electrons. The number of benzene rings is 4. The average Bonchev–Trinajstić information content (AvgIpc) is 3.15. The molecule has 0 unspecified atom stereocenters. The molecule has 0 saturated heterocycles. The lowest BCUT2D eigenvalue weighted by Gasteiger charge is -2.14. The van der Waals surface area contributed by atoms with Crippen LogP contribution < -0.4 is 5.32 Å². The highest BCUT2D eigenvalue weighted by atomic mass is 14.9. The second-order valence-corrected chi connectivity index (χ2v) is 7.94. The molecule has 154 valence electrons. The van der Waals surface area contributed by atoms with Crippen LogP contribution in [-0.4, -0.2) is 0 Å². The lowest BCUT2D eigenvalue weighted by molar-refractivity contribution is 1.39. The highest BCUT2D eigenvalue weighted by Crippen LogP contribution is 2.32. The van der Waals surface area contributed by atoms with E-state index in [1.165, 1.54) is 33.4 Å². The SMILES string of the molecule is C1=CC=C(c2cc(Nc3ccc(-c4ccccc4)cc3)cc(-c3ccccc3)c2)CC=C1. The van der Waals surface area contributed by atoms with Crippen LogP contribution in [0, 0.1) is 0 Å². The van der Waals surface area contributed by atoms with E-state index >= 15 is 0 Å². The van der Waals surface area contributed by atoms with Crippen molar-refractivity contribution in [2.45, 2.75) is 6.42 Å². The van der Waals surface area contributed by atoms with Crippen LogP contribution in [0.1, 0.15) is 12.0 Å². The van der Waals surface area contributed by atoms with E-state index in [4.69, 9.17) is 0 Å². The molecule has 0 atom stereocenters. The summed E-state index contributed by atoms with van der Waals surface area (Å²) in [7, 11) is 0. The van der Waals surface area contributed by atoms with Gasteiger partial charge in [-0.3, -0.25) is 0 Å². The first-order chi connectivity index (χ1) is 15.8. The first-order valence-corrected chi connectivity index (χ1v) is 11.0. The summed E-state index contributed by atoms with van der Waals surface area (Å²) in [6, 6.07) is 36.4. The smallest absolute Gasteiger partial charge is 0.0396 e. The molecule has 1 aliphatic rings. The van der Waals surface area contributed by atoms with Gasteiger partial charge in [0.2, 0.25) is 0 Å². The van der Waals surface area contributed by atoms with Crippen LogP contribution in [0.2, 0.25) is 0 Å². The lowest BCUT2D eigenvalue weighted by Crippen LogP contribution is -1.94. The van der Waals surface area contributed by atoms with Crippen molar-refractivity contribution in [1.29, 1.82) is 0 Å². The minimum Gasteiger partial charge on any atom is -0.355 e. The van der Waals surface area contributed by atoms with Gasteiger partial charge in [-0.15, -0.1) is 0 Å². The Morgan fingerprint density at radius 1 is 0.469 bits per heavy atom. The molecule has 0 saturated carbocycles. The molecule has 0 aliphatic heterocycles. The lowest BCUT2D eigenvalue weighted by atomic mass is 9.96. The normalized spacial score (nSPS) is 12.8. The first kappa shape index (κ1) is 19.8. The van der Waals surface area contributed by atoms with Gasteiger partial charge < -0.3 is 5.32 Å². The van der Waals surface area contributed by atoms with Crippen molar-refractivity contribution in [3.63, 3.8) is 0 Å². The summed E-state index contributed by atoms with van der Waals surface area (Å²) < 4.78 is 0. The molecule has 32 heavy (non-hydrogen) atoms. The van der Waals surface area contributed by atoms with Crippen LogP contribution >= 0.6 is 0 Å². The second kappa shape index (κ2) is 9.36. The third-order valence-corrected chi connectivity index (χ3v) is 5.69. The topological polar surface area (TPSA) is 12.0 Å². The van der Waals surface area contributed by atoms with Gasteiger partial charge in [0.05, 0.1) is 0 Å². The summed E-state index contributed by atoms with van der Waals surface area (Å²) in [5.41, 5.74) is 9.61. The molecule has 1 nitrogen and oxygen atoms in total. The van der Waals surface area contributed by atoms with E-state index in [-0.39, 0.29) is 0 Å². The van der Waals surface area contributed by atoms with Crippen LogP contribution in [0.5, 0.6) is 0 Å². The Kier molecular flexibility index (Phi) is 5.80. The zero-order chi connectivity index (χ0) is 21.6. The maximum Gasteiger partial charge on any atom is 0.0396 e. The molecule has 0 amide bonds. The highest BCUT2D eigenvalue weighted by molar-refractivity contribution is 5.80. The maximum absolute atomic E-state index is 3.62. The van der Waals surface area contributed by atoms with Crippen LogP contribution in [0.3, 0.4) is 0 Å². The van der Waals surface area contributed by atoms with Crippen LogP contribution in [0.15, 0.2) is 134 Å². The highest BCUT2D eigenvalue weighted by Gasteiger charge is 2.08. The summed E-state index contributed by atoms with van der Waals surface area (Å²) in [5.74, 6) is 0. The molecule has 5 rings (SSSR count). The zero-order valence-electron chi connectivity index (χ0n) is 17.9. The van der Waals surface area contributed by atoms with Crippen LogP contribution in [0.4, 0.5) is 11.4 Å². The molecule has 1 heteroatoms. The van der Waals surface area contributed by atoms with E-state index in [2.05, 4.69) is 133 Å². The number of hydrogen-bond donors (Lipinski definition) is 1. The van der Waals surface area contributed by atoms with Crippen molar-refractivity contribution < 1.29 is 0 Å². The van der Waals surface area contributed by atoms with Crippen LogP contribution in [-0.2, 0) is 0 Å². The molecule has 0 heterocycles. The molecule has 0 spiro atoms. The van der Waals surface area contributed by atoms with E-state index in [0.717, 1.165) is 17.8 Å². The quantitative estimate of drug-likeness (QED) is 0.346. The summed E-state index contributed by atoms with van der Waals surface area (Å²) >= 11 is 0. The van der Waals surface area contributed by atoms with Crippen molar-refractivity contribution in [1.82, 2.24) is 0 Å². The predicted molar refractivity (Wildman–Crippen MR) is 138 cm³/mol. The maximum atomic E-state index is 3.62. The minimum absolute atomic E-state index is 0.927. The first-order valence-electron chi connectivity index (χ1n) is 11.0. The number of hydrogen-bond acceptors (Lipinski definition) is 1. The molecular formula is C31H25N. The molecule has 4 aromatic rings. The monoisotopic (exact) mass is 411 g/mol. The standard InChI is InChI=1S/C31H25N/c1-2-6-14-25(13-5-1)28-21-29(26-15-9-4-10-16-26)23-31(22-28)32-30-19-17-27(18-20-30)24-11-7-3-8-12-24/h1-13,15-23,32H,14H2. The van der Waals surface area contributed by atoms with E-state index < -0.39 is 0 Å². The molecule has 1 aliphatic carbocycles. The van der Waals surface area contributed by atoms with Gasteiger partial charge >= 0.3 is 0 Å². The van der Waals surface area contributed by atoms with E-state index in [0.29, 0.717) is 0 Å². The van der Waals surface area contributed by atoms with Gasteiger partial charge in [0, 0.05) is 11.4 Å². The van der Waals surface area contributed by atoms with Gasteiger partial charge in [-0.05, 0) is 70.1 Å². The van der Waals surface area contributed by atoms with E-state index in [9.17, 15) is 0 Å². The van der Waals surface area contributed by atoms with E-state index in [1.807, 2.05) is 6.07 Å². The minimum atomic E-state index is 0.927. The summed E-state index contributed by atoms with van der Waals surface area (Å²) in [6.07, 6.45) is 11.7. The third kappa shape index (κ3) is 4.63. The van der Waals surface area contributed by atoms with Crippen molar-refractivity contribution >= 4 is 16.9 Å². The van der Waals surface area contributed by atoms with Gasteiger partial charge in [0.15, 0.2) is 0 Å². The Morgan fingerprint density at radius 3 is 1.81 bits per heavy atom. The van der Waals surface area contributed by atoms with Gasteiger partial charge in [0.25, 0.3) is 0 Å². The molecular weight excluding hydrogens is 386 g/mol. The Hall–Kier alpha value is -4.10. The van der Waals surface area contributed by atoms with E-state index in [1.54, 1.807) is 0 Å². The Balaban J connectivity index is 1.49. The second-order valence-electron chi connectivity index (χ2n) is 7.94. The fourth-order valence-corrected chi connectivity index (χ4v) is 4.02. The molecule has 1 N–H and O–H groups in total. The number of nitrogens with one attached hydrogen (secondary N) is 1. The molecule has 0 aromatic heterocycles. The Labute approximate surface area is 190 Å². The molecule has 0 fully saturated rings. The number of allylic oxidation sites excluding steroid dienone is 6. The van der Waals surface area contributed by atoms with Crippen molar-refractivity contribution in [2.75, 3.05) is 5.32 Å². The zero-order valence-corrected chi connectivity index (χ0v) is 17.9. The summed E-state index contributed by atoms with van der Waals surface area (Å²) in [5, 5.41) is 3.62. The summed E-state index contributed by atoms with van der Waals surface area (Å²) in [4.78, 5) is 0. The number of rotatable bonds is 5.